The van der Waals surface area contributed by atoms with Crippen molar-refractivity contribution in [2.45, 2.75) is 19.8 Å². The summed E-state index contributed by atoms with van der Waals surface area (Å²) < 4.78 is 0. The molecule has 2 aromatic heterocycles. The van der Waals surface area contributed by atoms with E-state index in [1.54, 1.807) is 6.20 Å². The number of aromatic nitrogens is 5. The highest BCUT2D eigenvalue weighted by Crippen LogP contribution is 2.25. The van der Waals surface area contributed by atoms with Gasteiger partial charge in [0, 0.05) is 24.0 Å². The van der Waals surface area contributed by atoms with Gasteiger partial charge < -0.3 is 10.6 Å². The second kappa shape index (κ2) is 6.16. The molecule has 3 aromatic rings. The van der Waals surface area contributed by atoms with E-state index in [0.717, 1.165) is 54.0 Å². The van der Waals surface area contributed by atoms with Gasteiger partial charge in [-0.15, -0.1) is 5.10 Å². The van der Waals surface area contributed by atoms with Crippen LogP contribution in [-0.2, 0) is 0 Å². The first-order valence-electron chi connectivity index (χ1n) is 8.34. The number of benzene rings is 1. The first kappa shape index (κ1) is 15.0. The fourth-order valence-electron chi connectivity index (χ4n) is 3.32. The lowest BCUT2D eigenvalue weighted by Crippen LogP contribution is -2.39. The molecule has 0 spiro atoms. The number of rotatable bonds is 3. The molecule has 1 atom stereocenters. The summed E-state index contributed by atoms with van der Waals surface area (Å²) in [5.41, 5.74) is 8.78. The molecule has 0 bridgehead atoms. The van der Waals surface area contributed by atoms with Crippen LogP contribution in [0.1, 0.15) is 18.5 Å². The molecular formula is C17H21N7. The zero-order valence-corrected chi connectivity index (χ0v) is 13.7. The lowest BCUT2D eigenvalue weighted by atomic mass is 9.98. The highest BCUT2D eigenvalue weighted by molar-refractivity contribution is 5.85. The Morgan fingerprint density at radius 3 is 3.17 bits per heavy atom. The van der Waals surface area contributed by atoms with Crippen LogP contribution >= 0.6 is 0 Å². The molecule has 1 aliphatic heterocycles. The molecule has 24 heavy (non-hydrogen) atoms. The van der Waals surface area contributed by atoms with E-state index in [1.165, 1.54) is 6.42 Å². The number of nitrogens with zero attached hydrogens (tertiary/aromatic N) is 5. The monoisotopic (exact) mass is 323 g/mol. The number of hydrogen-bond acceptors (Lipinski definition) is 6. The second-order valence-corrected chi connectivity index (χ2v) is 6.40. The van der Waals surface area contributed by atoms with E-state index in [-0.39, 0.29) is 0 Å². The van der Waals surface area contributed by atoms with Crippen molar-refractivity contribution >= 4 is 16.7 Å². The molecule has 1 aromatic carbocycles. The Bertz CT molecular complexity index is 857. The van der Waals surface area contributed by atoms with Gasteiger partial charge in [0.1, 0.15) is 0 Å². The quantitative estimate of drug-likeness (QED) is 0.764. The van der Waals surface area contributed by atoms with Crippen molar-refractivity contribution in [2.75, 3.05) is 24.5 Å². The Labute approximate surface area is 140 Å². The van der Waals surface area contributed by atoms with Gasteiger partial charge >= 0.3 is 0 Å². The molecule has 3 N–H and O–H groups in total. The van der Waals surface area contributed by atoms with E-state index in [9.17, 15) is 0 Å². The van der Waals surface area contributed by atoms with Gasteiger partial charge in [-0.3, -0.25) is 5.10 Å². The predicted molar refractivity (Wildman–Crippen MR) is 93.6 cm³/mol. The van der Waals surface area contributed by atoms with Gasteiger partial charge in [-0.2, -0.15) is 10.2 Å². The molecule has 1 unspecified atom stereocenters. The molecular weight excluding hydrogens is 302 g/mol. The van der Waals surface area contributed by atoms with Crippen LogP contribution in [0.5, 0.6) is 0 Å². The van der Waals surface area contributed by atoms with E-state index in [2.05, 4.69) is 31.4 Å². The van der Waals surface area contributed by atoms with E-state index in [0.29, 0.717) is 11.7 Å². The summed E-state index contributed by atoms with van der Waals surface area (Å²) in [5, 5.41) is 16.7. The molecule has 3 heterocycles. The summed E-state index contributed by atoms with van der Waals surface area (Å²) in [7, 11) is 0. The maximum atomic E-state index is 5.84. The van der Waals surface area contributed by atoms with Gasteiger partial charge in [0.2, 0.25) is 0 Å². The molecule has 124 valence electrons. The summed E-state index contributed by atoms with van der Waals surface area (Å²) >= 11 is 0. The first-order chi connectivity index (χ1) is 11.7. The highest BCUT2D eigenvalue weighted by Gasteiger charge is 2.20. The third-order valence-electron chi connectivity index (χ3n) is 4.73. The number of fused-ring (bicyclic) bond motifs is 1. The third kappa shape index (κ3) is 2.71. The van der Waals surface area contributed by atoms with Crippen molar-refractivity contribution in [1.29, 1.82) is 0 Å². The van der Waals surface area contributed by atoms with Crippen molar-refractivity contribution in [3.8, 4) is 11.4 Å². The van der Waals surface area contributed by atoms with E-state index < -0.39 is 0 Å². The smallest absolute Gasteiger partial charge is 0.183 e. The second-order valence-electron chi connectivity index (χ2n) is 6.40. The maximum Gasteiger partial charge on any atom is 0.183 e. The number of anilines is 1. The molecule has 4 rings (SSSR count). The van der Waals surface area contributed by atoms with Crippen molar-refractivity contribution in [3.63, 3.8) is 0 Å². The van der Waals surface area contributed by atoms with Crippen LogP contribution in [0.3, 0.4) is 0 Å². The molecule has 1 aliphatic rings. The van der Waals surface area contributed by atoms with Crippen molar-refractivity contribution in [3.05, 3.63) is 30.1 Å². The molecule has 1 saturated heterocycles. The van der Waals surface area contributed by atoms with Gasteiger partial charge in [0.15, 0.2) is 11.6 Å². The molecule has 0 amide bonds. The van der Waals surface area contributed by atoms with Crippen LogP contribution in [0.2, 0.25) is 0 Å². The van der Waals surface area contributed by atoms with Crippen LogP contribution < -0.4 is 10.6 Å². The topological polar surface area (TPSA) is 96.6 Å². The summed E-state index contributed by atoms with van der Waals surface area (Å²) in [5.74, 6) is 2.05. The molecule has 0 radical (unpaired) electrons. The average Bonchev–Trinajstić information content (AvgIpc) is 3.02. The number of H-pyrrole nitrogens is 1. The zero-order chi connectivity index (χ0) is 16.5. The number of piperidine rings is 1. The summed E-state index contributed by atoms with van der Waals surface area (Å²) in [6, 6.07) is 6.07. The third-order valence-corrected chi connectivity index (χ3v) is 4.73. The molecule has 0 aliphatic carbocycles. The SMILES string of the molecule is Cc1n[nH]c2ccc(-c3nncc(N4CCCC(CN)C4)n3)cc12. The minimum atomic E-state index is 0.530. The standard InChI is InChI=1S/C17H21N7/c1-11-14-7-13(4-5-15(14)22-21-11)17-20-16(9-19-23-17)24-6-2-3-12(8-18)10-24/h4-5,7,9,12H,2-3,6,8,10,18H2,1H3,(H,21,22). The van der Waals surface area contributed by atoms with E-state index >= 15 is 0 Å². The molecule has 7 nitrogen and oxygen atoms in total. The number of nitrogens with one attached hydrogen (secondary N) is 1. The van der Waals surface area contributed by atoms with Gasteiger partial charge in [0.25, 0.3) is 0 Å². The van der Waals surface area contributed by atoms with Crippen LogP contribution in [0.4, 0.5) is 5.82 Å². The predicted octanol–water partition coefficient (Wildman–Crippen LogP) is 1.90. The van der Waals surface area contributed by atoms with Crippen LogP contribution in [0.15, 0.2) is 24.4 Å². The minimum Gasteiger partial charge on any atom is -0.355 e. The van der Waals surface area contributed by atoms with E-state index in [1.807, 2.05) is 19.1 Å². The summed E-state index contributed by atoms with van der Waals surface area (Å²) in [6.07, 6.45) is 4.07. The van der Waals surface area contributed by atoms with Gasteiger partial charge in [-0.25, -0.2) is 4.98 Å². The van der Waals surface area contributed by atoms with Crippen molar-refractivity contribution in [1.82, 2.24) is 25.4 Å². The van der Waals surface area contributed by atoms with E-state index in [4.69, 9.17) is 10.7 Å². The number of aromatic amines is 1. The first-order valence-corrected chi connectivity index (χ1v) is 8.34. The maximum absolute atomic E-state index is 5.84. The Hall–Kier alpha value is -2.54. The summed E-state index contributed by atoms with van der Waals surface area (Å²) in [6.45, 7) is 4.64. The minimum absolute atomic E-state index is 0.530. The van der Waals surface area contributed by atoms with Gasteiger partial charge in [-0.1, -0.05) is 0 Å². The number of aryl methyl sites for hydroxylation is 1. The Balaban J connectivity index is 1.67. The van der Waals surface area contributed by atoms with Crippen molar-refractivity contribution in [2.24, 2.45) is 11.7 Å². The van der Waals surface area contributed by atoms with Crippen LogP contribution in [-0.4, -0.2) is 45.0 Å². The Morgan fingerprint density at radius 2 is 2.29 bits per heavy atom. The van der Waals surface area contributed by atoms with Gasteiger partial charge in [0.05, 0.1) is 17.4 Å². The molecule has 0 saturated carbocycles. The zero-order valence-electron chi connectivity index (χ0n) is 13.7. The van der Waals surface area contributed by atoms with Crippen LogP contribution in [0, 0.1) is 12.8 Å². The highest BCUT2D eigenvalue weighted by atomic mass is 15.3. The molecule has 1 fully saturated rings. The lowest BCUT2D eigenvalue weighted by Gasteiger charge is -2.32. The summed E-state index contributed by atoms with van der Waals surface area (Å²) in [4.78, 5) is 7.00. The van der Waals surface area contributed by atoms with Gasteiger partial charge in [-0.05, 0) is 50.4 Å². The largest absolute Gasteiger partial charge is 0.355 e. The molecule has 7 heteroatoms. The Kier molecular flexibility index (Phi) is 3.86. The van der Waals surface area contributed by atoms with Crippen molar-refractivity contribution < 1.29 is 0 Å². The average molecular weight is 323 g/mol. The van der Waals surface area contributed by atoms with Crippen LogP contribution in [0.25, 0.3) is 22.3 Å². The lowest BCUT2D eigenvalue weighted by molar-refractivity contribution is 0.421. The fraction of sp³-hybridized carbons (Fsp3) is 0.412. The number of nitrogens with two attached hydrogens (primary N) is 1. The Morgan fingerprint density at radius 1 is 1.38 bits per heavy atom. The fourth-order valence-corrected chi connectivity index (χ4v) is 3.32. The normalized spacial score (nSPS) is 18.2. The number of hydrogen-bond donors (Lipinski definition) is 2.